The van der Waals surface area contributed by atoms with Crippen molar-refractivity contribution >= 4 is 11.8 Å². The predicted molar refractivity (Wildman–Crippen MR) is 66.8 cm³/mol. The molecule has 0 heterocycles. The zero-order valence-electron chi connectivity index (χ0n) is 9.58. The SMILES string of the molecule is CC(C)(C)CSCc1ccc(C#N)cc1. The van der Waals surface area contributed by atoms with Gasteiger partial charge in [0.1, 0.15) is 0 Å². The summed E-state index contributed by atoms with van der Waals surface area (Å²) in [4.78, 5) is 0. The topological polar surface area (TPSA) is 23.8 Å². The molecule has 0 saturated heterocycles. The normalized spacial score (nSPS) is 11.1. The molecule has 80 valence electrons. The quantitative estimate of drug-likeness (QED) is 0.771. The first-order valence-electron chi connectivity index (χ1n) is 5.08. The Morgan fingerprint density at radius 3 is 2.27 bits per heavy atom. The molecule has 0 bridgehead atoms. The van der Waals surface area contributed by atoms with Gasteiger partial charge in [-0.3, -0.25) is 0 Å². The predicted octanol–water partition coefficient (Wildman–Crippen LogP) is 3.84. The number of nitrogens with zero attached hydrogens (tertiary/aromatic N) is 1. The molecule has 0 unspecified atom stereocenters. The number of nitriles is 1. The van der Waals surface area contributed by atoms with Gasteiger partial charge < -0.3 is 0 Å². The fourth-order valence-corrected chi connectivity index (χ4v) is 2.29. The lowest BCUT2D eigenvalue weighted by Crippen LogP contribution is -2.08. The second kappa shape index (κ2) is 5.23. The van der Waals surface area contributed by atoms with Gasteiger partial charge in [0.15, 0.2) is 0 Å². The minimum absolute atomic E-state index is 0.386. The average Bonchev–Trinajstić information content (AvgIpc) is 2.17. The van der Waals surface area contributed by atoms with Gasteiger partial charge in [0.2, 0.25) is 0 Å². The monoisotopic (exact) mass is 219 g/mol. The zero-order chi connectivity index (χ0) is 11.3. The van der Waals surface area contributed by atoms with Crippen LogP contribution in [-0.4, -0.2) is 5.75 Å². The summed E-state index contributed by atoms with van der Waals surface area (Å²) in [5, 5.41) is 8.66. The molecule has 1 nitrogen and oxygen atoms in total. The molecular formula is C13H17NS. The van der Waals surface area contributed by atoms with Crippen LogP contribution in [0, 0.1) is 16.7 Å². The Labute approximate surface area is 96.5 Å². The molecule has 1 aromatic carbocycles. The summed E-state index contributed by atoms with van der Waals surface area (Å²) in [7, 11) is 0. The van der Waals surface area contributed by atoms with Gasteiger partial charge in [0.05, 0.1) is 11.6 Å². The van der Waals surface area contributed by atoms with E-state index in [9.17, 15) is 0 Å². The van der Waals surface area contributed by atoms with Crippen molar-refractivity contribution in [3.63, 3.8) is 0 Å². The Balaban J connectivity index is 2.42. The summed E-state index contributed by atoms with van der Waals surface area (Å²) < 4.78 is 0. The van der Waals surface area contributed by atoms with Crippen molar-refractivity contribution in [2.75, 3.05) is 5.75 Å². The molecule has 0 radical (unpaired) electrons. The maximum absolute atomic E-state index is 8.66. The first-order chi connectivity index (χ1) is 7.01. The van der Waals surface area contributed by atoms with Gasteiger partial charge in [-0.25, -0.2) is 0 Å². The maximum Gasteiger partial charge on any atom is 0.0991 e. The Bertz CT molecular complexity index is 340. The number of thioether (sulfide) groups is 1. The van der Waals surface area contributed by atoms with Crippen molar-refractivity contribution in [2.45, 2.75) is 26.5 Å². The van der Waals surface area contributed by atoms with Gasteiger partial charge in [-0.2, -0.15) is 17.0 Å². The molecule has 0 aromatic heterocycles. The molecule has 0 N–H and O–H groups in total. The van der Waals surface area contributed by atoms with E-state index in [0.717, 1.165) is 17.1 Å². The van der Waals surface area contributed by atoms with E-state index in [1.807, 2.05) is 36.0 Å². The van der Waals surface area contributed by atoms with Crippen LogP contribution < -0.4 is 0 Å². The second-order valence-corrected chi connectivity index (χ2v) is 5.85. The number of rotatable bonds is 3. The van der Waals surface area contributed by atoms with Gasteiger partial charge in [0, 0.05) is 5.75 Å². The van der Waals surface area contributed by atoms with E-state index in [-0.39, 0.29) is 0 Å². The van der Waals surface area contributed by atoms with Crippen molar-refractivity contribution in [3.05, 3.63) is 35.4 Å². The van der Waals surface area contributed by atoms with Crippen LogP contribution in [-0.2, 0) is 5.75 Å². The third-order valence-corrected chi connectivity index (χ3v) is 3.49. The van der Waals surface area contributed by atoms with Crippen molar-refractivity contribution in [1.82, 2.24) is 0 Å². The number of benzene rings is 1. The molecular weight excluding hydrogens is 202 g/mol. The summed E-state index contributed by atoms with van der Waals surface area (Å²) in [5.74, 6) is 2.19. The zero-order valence-corrected chi connectivity index (χ0v) is 10.4. The fraction of sp³-hybridized carbons (Fsp3) is 0.462. The van der Waals surface area contributed by atoms with Crippen molar-refractivity contribution < 1.29 is 0 Å². The van der Waals surface area contributed by atoms with E-state index in [4.69, 9.17) is 5.26 Å². The third kappa shape index (κ3) is 4.90. The Hall–Kier alpha value is -0.940. The largest absolute Gasteiger partial charge is 0.192 e. The Kier molecular flexibility index (Phi) is 4.23. The summed E-state index contributed by atoms with van der Waals surface area (Å²) in [6.07, 6.45) is 0. The van der Waals surface area contributed by atoms with Crippen LogP contribution >= 0.6 is 11.8 Å². The number of hydrogen-bond acceptors (Lipinski definition) is 2. The molecule has 1 rings (SSSR count). The number of hydrogen-bond donors (Lipinski definition) is 0. The van der Waals surface area contributed by atoms with E-state index < -0.39 is 0 Å². The average molecular weight is 219 g/mol. The Morgan fingerprint density at radius 2 is 1.80 bits per heavy atom. The Morgan fingerprint density at radius 1 is 1.20 bits per heavy atom. The lowest BCUT2D eigenvalue weighted by Gasteiger charge is -2.17. The smallest absolute Gasteiger partial charge is 0.0991 e. The third-order valence-electron chi connectivity index (χ3n) is 1.89. The first kappa shape index (κ1) is 12.1. The van der Waals surface area contributed by atoms with E-state index in [0.29, 0.717) is 5.41 Å². The molecule has 0 aliphatic rings. The maximum atomic E-state index is 8.66. The first-order valence-corrected chi connectivity index (χ1v) is 6.23. The van der Waals surface area contributed by atoms with Gasteiger partial charge in [0.25, 0.3) is 0 Å². The van der Waals surface area contributed by atoms with E-state index >= 15 is 0 Å². The van der Waals surface area contributed by atoms with Gasteiger partial charge in [-0.05, 0) is 28.9 Å². The van der Waals surface area contributed by atoms with Gasteiger partial charge in [-0.15, -0.1) is 0 Å². The molecule has 0 saturated carbocycles. The molecule has 0 aliphatic heterocycles. The molecule has 1 aromatic rings. The van der Waals surface area contributed by atoms with Crippen LogP contribution in [0.25, 0.3) is 0 Å². The molecule has 0 spiro atoms. The molecule has 0 fully saturated rings. The highest BCUT2D eigenvalue weighted by Crippen LogP contribution is 2.23. The standard InChI is InChI=1S/C13H17NS/c1-13(2,3)10-15-9-12-6-4-11(8-14)5-7-12/h4-7H,9-10H2,1-3H3. The van der Waals surface area contributed by atoms with Crippen LogP contribution in [0.15, 0.2) is 24.3 Å². The fourth-order valence-electron chi connectivity index (χ4n) is 1.15. The van der Waals surface area contributed by atoms with Crippen LogP contribution in [0.5, 0.6) is 0 Å². The minimum Gasteiger partial charge on any atom is -0.192 e. The van der Waals surface area contributed by atoms with Crippen LogP contribution in [0.1, 0.15) is 31.9 Å². The second-order valence-electron chi connectivity index (χ2n) is 4.86. The summed E-state index contributed by atoms with van der Waals surface area (Å²) in [5.41, 5.74) is 2.42. The van der Waals surface area contributed by atoms with Crippen molar-refractivity contribution in [3.8, 4) is 6.07 Å². The van der Waals surface area contributed by atoms with Crippen molar-refractivity contribution in [1.29, 1.82) is 5.26 Å². The lowest BCUT2D eigenvalue weighted by atomic mass is 10.0. The molecule has 0 atom stereocenters. The highest BCUT2D eigenvalue weighted by Gasteiger charge is 2.09. The van der Waals surface area contributed by atoms with Crippen LogP contribution in [0.3, 0.4) is 0 Å². The van der Waals surface area contributed by atoms with Gasteiger partial charge in [-0.1, -0.05) is 32.9 Å². The molecule has 0 amide bonds. The van der Waals surface area contributed by atoms with Crippen molar-refractivity contribution in [2.24, 2.45) is 5.41 Å². The van der Waals surface area contributed by atoms with Crippen LogP contribution in [0.4, 0.5) is 0 Å². The summed E-state index contributed by atoms with van der Waals surface area (Å²) in [6, 6.07) is 9.96. The van der Waals surface area contributed by atoms with E-state index in [1.165, 1.54) is 5.56 Å². The lowest BCUT2D eigenvalue weighted by molar-refractivity contribution is 0.480. The van der Waals surface area contributed by atoms with E-state index in [1.54, 1.807) is 0 Å². The molecule has 15 heavy (non-hydrogen) atoms. The molecule has 2 heteroatoms. The summed E-state index contributed by atoms with van der Waals surface area (Å²) in [6.45, 7) is 6.75. The van der Waals surface area contributed by atoms with E-state index in [2.05, 4.69) is 26.8 Å². The highest BCUT2D eigenvalue weighted by molar-refractivity contribution is 7.98. The van der Waals surface area contributed by atoms with Crippen LogP contribution in [0.2, 0.25) is 0 Å². The van der Waals surface area contributed by atoms with Gasteiger partial charge >= 0.3 is 0 Å². The summed E-state index contributed by atoms with van der Waals surface area (Å²) >= 11 is 1.94. The molecule has 0 aliphatic carbocycles. The minimum atomic E-state index is 0.386. The highest BCUT2D eigenvalue weighted by atomic mass is 32.2.